The van der Waals surface area contributed by atoms with Crippen LogP contribution in [-0.4, -0.2) is 56.6 Å². The van der Waals surface area contributed by atoms with Crippen molar-refractivity contribution in [2.24, 2.45) is 0 Å². The molecule has 0 aliphatic carbocycles. The molecule has 1 aliphatic heterocycles. The van der Waals surface area contributed by atoms with Gasteiger partial charge in [-0.25, -0.2) is 4.79 Å². The molecule has 7 heteroatoms. The molecule has 0 fully saturated rings. The third-order valence-corrected chi connectivity index (χ3v) is 5.48. The number of anilines is 1. The van der Waals surface area contributed by atoms with Gasteiger partial charge in [0.25, 0.3) is 0 Å². The molecule has 3 rings (SSSR count). The number of carbonyl (C=O) groups is 1. The van der Waals surface area contributed by atoms with Crippen LogP contribution in [-0.2, 0) is 6.54 Å². The van der Waals surface area contributed by atoms with Gasteiger partial charge < -0.3 is 20.4 Å². The van der Waals surface area contributed by atoms with Crippen LogP contribution in [0.1, 0.15) is 22.6 Å². The van der Waals surface area contributed by atoms with Crippen molar-refractivity contribution in [2.45, 2.75) is 12.5 Å². The molecule has 0 aromatic heterocycles. The Morgan fingerprint density at radius 2 is 1.96 bits per heavy atom. The number of amides is 2. The van der Waals surface area contributed by atoms with Crippen LogP contribution in [0.4, 0.5) is 10.5 Å². The molecule has 28 heavy (non-hydrogen) atoms. The lowest BCUT2D eigenvalue weighted by atomic mass is 9.84. The number of likely N-dealkylation sites (N-methyl/N-ethyl adjacent to an activating group) is 2. The lowest BCUT2D eigenvalue weighted by Crippen LogP contribution is -2.35. The zero-order chi connectivity index (χ0) is 20.3. The maximum Gasteiger partial charge on any atom is 0.319 e. The van der Waals surface area contributed by atoms with Crippen molar-refractivity contribution < 1.29 is 4.79 Å². The first-order valence-electron chi connectivity index (χ1n) is 9.30. The van der Waals surface area contributed by atoms with Crippen LogP contribution in [0, 0.1) is 0 Å². The number of benzene rings is 2. The molecule has 2 aromatic carbocycles. The molecule has 1 atom stereocenters. The number of hydrogen-bond acceptors (Lipinski definition) is 3. The summed E-state index contributed by atoms with van der Waals surface area (Å²) in [6, 6.07) is 11.5. The maximum atomic E-state index is 12.4. The van der Waals surface area contributed by atoms with E-state index in [0.29, 0.717) is 16.6 Å². The Morgan fingerprint density at radius 1 is 1.21 bits per heavy atom. The molecule has 1 unspecified atom stereocenters. The second-order valence-electron chi connectivity index (χ2n) is 7.48. The lowest BCUT2D eigenvalue weighted by molar-refractivity contribution is 0.250. The summed E-state index contributed by atoms with van der Waals surface area (Å²) in [6.07, 6.45) is 0. The molecular weight excluding hydrogens is 395 g/mol. The first-order valence-corrected chi connectivity index (χ1v) is 10.1. The van der Waals surface area contributed by atoms with Crippen LogP contribution < -0.4 is 10.6 Å². The summed E-state index contributed by atoms with van der Waals surface area (Å²) in [5.74, 6) is 0.0724. The van der Waals surface area contributed by atoms with Crippen LogP contribution in [0.2, 0.25) is 10.0 Å². The minimum atomic E-state index is -0.206. The first kappa shape index (κ1) is 20.9. The molecule has 0 spiro atoms. The van der Waals surface area contributed by atoms with Gasteiger partial charge in [0.1, 0.15) is 0 Å². The molecule has 0 bridgehead atoms. The molecule has 1 heterocycles. The Balaban J connectivity index is 1.88. The predicted octanol–water partition coefficient (Wildman–Crippen LogP) is 4.25. The quantitative estimate of drug-likeness (QED) is 0.759. The van der Waals surface area contributed by atoms with Gasteiger partial charge in [-0.2, -0.15) is 0 Å². The zero-order valence-corrected chi connectivity index (χ0v) is 17.9. The number of hydrogen-bond donors (Lipinski definition) is 2. The highest BCUT2D eigenvalue weighted by atomic mass is 35.5. The molecular formula is C21H26Cl2N4O. The standard InChI is InChI=1S/C21H26Cl2N4O/c1-26(2)9-8-24-21(28)25-20-7-5-4-6-15(20)17-12-27(3)13-18-16(17)10-14(22)11-19(18)23/h4-7,10-11,17H,8-9,12-13H2,1-3H3,(H2,24,25,28). The van der Waals surface area contributed by atoms with E-state index in [4.69, 9.17) is 23.2 Å². The topological polar surface area (TPSA) is 47.6 Å². The van der Waals surface area contributed by atoms with Crippen molar-refractivity contribution in [2.75, 3.05) is 46.1 Å². The van der Waals surface area contributed by atoms with E-state index < -0.39 is 0 Å². The van der Waals surface area contributed by atoms with E-state index in [0.717, 1.165) is 42.0 Å². The molecule has 2 N–H and O–H groups in total. The third-order valence-electron chi connectivity index (χ3n) is 4.92. The van der Waals surface area contributed by atoms with Gasteiger partial charge in [0.15, 0.2) is 0 Å². The zero-order valence-electron chi connectivity index (χ0n) is 16.4. The summed E-state index contributed by atoms with van der Waals surface area (Å²) in [4.78, 5) is 16.6. The van der Waals surface area contributed by atoms with Gasteiger partial charge in [0, 0.05) is 47.8 Å². The fraction of sp³-hybridized carbons (Fsp3) is 0.381. The van der Waals surface area contributed by atoms with E-state index in [1.807, 2.05) is 43.3 Å². The molecule has 0 radical (unpaired) electrons. The predicted molar refractivity (Wildman–Crippen MR) is 117 cm³/mol. The molecule has 0 saturated carbocycles. The molecule has 2 aromatic rings. The van der Waals surface area contributed by atoms with Crippen molar-refractivity contribution in [3.05, 3.63) is 63.1 Å². The minimum Gasteiger partial charge on any atom is -0.337 e. The monoisotopic (exact) mass is 420 g/mol. The summed E-state index contributed by atoms with van der Waals surface area (Å²) in [6.45, 7) is 2.97. The number of nitrogens with zero attached hydrogens (tertiary/aromatic N) is 2. The van der Waals surface area contributed by atoms with Crippen molar-refractivity contribution in [3.63, 3.8) is 0 Å². The number of fused-ring (bicyclic) bond motifs is 1. The van der Waals surface area contributed by atoms with Crippen LogP contribution in [0.3, 0.4) is 0 Å². The Bertz CT molecular complexity index is 856. The Morgan fingerprint density at radius 3 is 2.71 bits per heavy atom. The number of rotatable bonds is 5. The Hall–Kier alpha value is -1.79. The SMILES string of the molecule is CN(C)CCNC(=O)Nc1ccccc1C1CN(C)Cc2c(Cl)cc(Cl)cc21. The highest BCUT2D eigenvalue weighted by Crippen LogP contribution is 2.40. The van der Waals surface area contributed by atoms with E-state index >= 15 is 0 Å². The van der Waals surface area contributed by atoms with Gasteiger partial charge in [-0.15, -0.1) is 0 Å². The second-order valence-corrected chi connectivity index (χ2v) is 8.32. The number of nitrogens with one attached hydrogen (secondary N) is 2. The van der Waals surface area contributed by atoms with Crippen molar-refractivity contribution in [1.29, 1.82) is 0 Å². The van der Waals surface area contributed by atoms with E-state index in [1.54, 1.807) is 6.07 Å². The maximum absolute atomic E-state index is 12.4. The van der Waals surface area contributed by atoms with Gasteiger partial charge in [0.2, 0.25) is 0 Å². The minimum absolute atomic E-state index is 0.0724. The third kappa shape index (κ3) is 4.97. The highest BCUT2D eigenvalue weighted by molar-refractivity contribution is 6.35. The summed E-state index contributed by atoms with van der Waals surface area (Å²) in [5, 5.41) is 7.21. The van der Waals surface area contributed by atoms with Crippen LogP contribution in [0.15, 0.2) is 36.4 Å². The number of carbonyl (C=O) groups excluding carboxylic acids is 1. The van der Waals surface area contributed by atoms with E-state index in [-0.39, 0.29) is 11.9 Å². The average Bonchev–Trinajstić information content (AvgIpc) is 2.62. The normalized spacial score (nSPS) is 16.7. The summed E-state index contributed by atoms with van der Waals surface area (Å²) < 4.78 is 0. The molecule has 5 nitrogen and oxygen atoms in total. The molecule has 1 aliphatic rings. The number of para-hydroxylation sites is 1. The van der Waals surface area contributed by atoms with Gasteiger partial charge in [-0.1, -0.05) is 41.4 Å². The molecule has 150 valence electrons. The number of urea groups is 1. The molecule has 0 saturated heterocycles. The molecule has 2 amide bonds. The average molecular weight is 421 g/mol. The van der Waals surface area contributed by atoms with Crippen LogP contribution >= 0.6 is 23.2 Å². The van der Waals surface area contributed by atoms with Crippen LogP contribution in [0.25, 0.3) is 0 Å². The van der Waals surface area contributed by atoms with E-state index in [1.165, 1.54) is 0 Å². The van der Waals surface area contributed by atoms with Crippen molar-refractivity contribution in [1.82, 2.24) is 15.1 Å². The van der Waals surface area contributed by atoms with Gasteiger partial charge in [-0.05, 0) is 56.0 Å². The fourth-order valence-electron chi connectivity index (χ4n) is 3.59. The summed E-state index contributed by atoms with van der Waals surface area (Å²) in [5.41, 5.74) is 4.07. The van der Waals surface area contributed by atoms with Gasteiger partial charge in [0.05, 0.1) is 0 Å². The fourth-order valence-corrected chi connectivity index (χ4v) is 4.15. The van der Waals surface area contributed by atoms with Crippen LogP contribution in [0.5, 0.6) is 0 Å². The summed E-state index contributed by atoms with van der Waals surface area (Å²) in [7, 11) is 6.02. The van der Waals surface area contributed by atoms with Gasteiger partial charge in [-0.3, -0.25) is 0 Å². The first-order chi connectivity index (χ1) is 13.3. The van der Waals surface area contributed by atoms with Crippen molar-refractivity contribution in [3.8, 4) is 0 Å². The van der Waals surface area contributed by atoms with E-state index in [9.17, 15) is 4.79 Å². The Kier molecular flexibility index (Phi) is 6.83. The second kappa shape index (κ2) is 9.14. The largest absolute Gasteiger partial charge is 0.337 e. The smallest absolute Gasteiger partial charge is 0.319 e. The Labute approximate surface area is 176 Å². The van der Waals surface area contributed by atoms with Crippen molar-refractivity contribution >= 4 is 34.9 Å². The highest BCUT2D eigenvalue weighted by Gasteiger charge is 2.28. The number of halogens is 2. The van der Waals surface area contributed by atoms with E-state index in [2.05, 4.69) is 28.6 Å². The summed E-state index contributed by atoms with van der Waals surface area (Å²) >= 11 is 12.8. The van der Waals surface area contributed by atoms with Gasteiger partial charge >= 0.3 is 6.03 Å². The lowest BCUT2D eigenvalue weighted by Gasteiger charge is -2.34.